The molecule has 1 heteroatoms. The summed E-state index contributed by atoms with van der Waals surface area (Å²) in [6, 6.07) is 0. The molecule has 0 bridgehead atoms. The zero-order valence-corrected chi connectivity index (χ0v) is 3.27. The van der Waals surface area contributed by atoms with Crippen molar-refractivity contribution in [3.63, 3.8) is 0 Å². The van der Waals surface area contributed by atoms with Gasteiger partial charge in [-0.05, 0) is 6.92 Å². The fraction of sp³-hybridized carbons (Fsp3) is 0.250. The Morgan fingerprint density at radius 1 is 1.80 bits per heavy atom. The third-order valence-electron chi connectivity index (χ3n) is 0.232. The van der Waals surface area contributed by atoms with Crippen LogP contribution in [0.5, 0.6) is 0 Å². The van der Waals surface area contributed by atoms with Crippen LogP contribution in [0.4, 0.5) is 0 Å². The third-order valence-corrected chi connectivity index (χ3v) is 0.232. The Morgan fingerprint density at radius 3 is 2.40 bits per heavy atom. The summed E-state index contributed by atoms with van der Waals surface area (Å²) < 4.78 is 4.26. The van der Waals surface area contributed by atoms with Gasteiger partial charge in [-0.1, -0.05) is 6.08 Å². The Kier molecular flexibility index (Phi) is 3.21. The van der Waals surface area contributed by atoms with E-state index in [-0.39, 0.29) is 0 Å². The first-order valence-electron chi connectivity index (χ1n) is 1.44. The van der Waals surface area contributed by atoms with Crippen LogP contribution in [0, 0.1) is 7.11 Å². The number of allylic oxidation sites excluding steroid dienone is 1. The number of ether oxygens (including phenoxy) is 1. The molecule has 5 heavy (non-hydrogen) atoms. The van der Waals surface area contributed by atoms with Gasteiger partial charge in [0, 0.05) is 0 Å². The minimum atomic E-state index is 1.51. The van der Waals surface area contributed by atoms with Gasteiger partial charge in [-0.15, -0.1) is 0 Å². The highest BCUT2D eigenvalue weighted by molar-refractivity contribution is 4.64. The third kappa shape index (κ3) is 3.54. The van der Waals surface area contributed by atoms with Gasteiger partial charge in [0.15, 0.2) is 0 Å². The van der Waals surface area contributed by atoms with Crippen molar-refractivity contribution in [2.24, 2.45) is 0 Å². The molecule has 0 aliphatic carbocycles. The van der Waals surface area contributed by atoms with Crippen LogP contribution in [0.1, 0.15) is 6.92 Å². The van der Waals surface area contributed by atoms with E-state index in [1.54, 1.807) is 6.08 Å². The summed E-state index contributed by atoms with van der Waals surface area (Å²) in [5.74, 6) is 0. The van der Waals surface area contributed by atoms with Gasteiger partial charge in [0.25, 0.3) is 0 Å². The molecule has 0 aromatic rings. The second-order valence-corrected chi connectivity index (χ2v) is 0.636. The Bertz CT molecular complexity index is 30.6. The van der Waals surface area contributed by atoms with Gasteiger partial charge in [0.1, 0.15) is 7.11 Å². The van der Waals surface area contributed by atoms with Crippen LogP contribution in [0.3, 0.4) is 0 Å². The van der Waals surface area contributed by atoms with Gasteiger partial charge in [-0.3, -0.25) is 0 Å². The Morgan fingerprint density at radius 2 is 2.40 bits per heavy atom. The lowest BCUT2D eigenvalue weighted by Gasteiger charge is -1.75. The molecule has 0 N–H and O–H groups in total. The van der Waals surface area contributed by atoms with Crippen molar-refractivity contribution in [2.75, 3.05) is 0 Å². The second-order valence-electron chi connectivity index (χ2n) is 0.636. The Labute approximate surface area is 32.3 Å². The van der Waals surface area contributed by atoms with E-state index in [1.165, 1.54) is 6.26 Å². The molecular formula is C4H7O. The molecule has 0 aromatic carbocycles. The largest absolute Gasteiger partial charge is 0.498 e. The zero-order chi connectivity index (χ0) is 4.12. The van der Waals surface area contributed by atoms with Crippen LogP contribution in [-0.4, -0.2) is 0 Å². The minimum absolute atomic E-state index is 1.51. The van der Waals surface area contributed by atoms with E-state index in [1.807, 2.05) is 6.92 Å². The fourth-order valence-corrected chi connectivity index (χ4v) is 0.0962. The highest BCUT2D eigenvalue weighted by atomic mass is 16.5. The van der Waals surface area contributed by atoms with Crippen LogP contribution < -0.4 is 0 Å². The lowest BCUT2D eigenvalue weighted by atomic mass is 10.7. The van der Waals surface area contributed by atoms with E-state index in [2.05, 4.69) is 11.8 Å². The van der Waals surface area contributed by atoms with Crippen molar-refractivity contribution in [3.8, 4) is 0 Å². The average molecular weight is 71.1 g/mol. The molecule has 0 saturated heterocycles. The van der Waals surface area contributed by atoms with Gasteiger partial charge in [0.2, 0.25) is 0 Å². The van der Waals surface area contributed by atoms with E-state index < -0.39 is 0 Å². The Balaban J connectivity index is 2.62. The van der Waals surface area contributed by atoms with Gasteiger partial charge in [0.05, 0.1) is 6.26 Å². The molecule has 0 amide bonds. The quantitative estimate of drug-likeness (QED) is 0.424. The average Bonchev–Trinajstić information content (AvgIpc) is 1.41. The highest BCUT2D eigenvalue weighted by Gasteiger charge is 1.47. The van der Waals surface area contributed by atoms with E-state index in [9.17, 15) is 0 Å². The molecular weight excluding hydrogens is 64.0 g/mol. The van der Waals surface area contributed by atoms with Gasteiger partial charge >= 0.3 is 0 Å². The predicted molar refractivity (Wildman–Crippen MR) is 21.3 cm³/mol. The summed E-state index contributed by atoms with van der Waals surface area (Å²) in [7, 11) is 3.09. The SMILES string of the molecule is [CH2]O/C=C/C. The molecule has 0 heterocycles. The molecule has 1 radical (unpaired) electrons. The molecule has 0 atom stereocenters. The molecule has 0 unspecified atom stereocenters. The molecule has 0 rings (SSSR count). The van der Waals surface area contributed by atoms with Crippen LogP contribution >= 0.6 is 0 Å². The van der Waals surface area contributed by atoms with Crippen molar-refractivity contribution in [3.05, 3.63) is 19.4 Å². The molecule has 29 valence electrons. The summed E-state index contributed by atoms with van der Waals surface area (Å²) in [5.41, 5.74) is 0. The molecule has 0 aliphatic heterocycles. The summed E-state index contributed by atoms with van der Waals surface area (Å²) in [6.07, 6.45) is 3.28. The van der Waals surface area contributed by atoms with Crippen molar-refractivity contribution in [1.29, 1.82) is 0 Å². The fourth-order valence-electron chi connectivity index (χ4n) is 0.0962. The standard InChI is InChI=1S/C4H7O/c1-3-4-5-2/h3-4H,2H2,1H3/b4-3+. The first kappa shape index (κ1) is 4.54. The lowest BCUT2D eigenvalue weighted by Crippen LogP contribution is -1.52. The number of hydrogen-bond acceptors (Lipinski definition) is 1. The summed E-state index contributed by atoms with van der Waals surface area (Å²) in [5, 5.41) is 0. The maximum absolute atomic E-state index is 4.26. The predicted octanol–water partition coefficient (Wildman–Crippen LogP) is 1.33. The van der Waals surface area contributed by atoms with Crippen molar-refractivity contribution in [1.82, 2.24) is 0 Å². The van der Waals surface area contributed by atoms with Crippen LogP contribution in [0.15, 0.2) is 12.3 Å². The minimum Gasteiger partial charge on any atom is -0.498 e. The monoisotopic (exact) mass is 71.0 g/mol. The maximum Gasteiger partial charge on any atom is 0.121 e. The van der Waals surface area contributed by atoms with E-state index >= 15 is 0 Å². The number of hydrogen-bond donors (Lipinski definition) is 0. The molecule has 0 fully saturated rings. The normalized spacial score (nSPS) is 9.20. The molecule has 0 aliphatic rings. The molecule has 1 nitrogen and oxygen atoms in total. The van der Waals surface area contributed by atoms with Gasteiger partial charge in [-0.25, -0.2) is 0 Å². The number of rotatable bonds is 1. The topological polar surface area (TPSA) is 9.23 Å². The summed E-state index contributed by atoms with van der Waals surface area (Å²) in [6.45, 7) is 1.87. The summed E-state index contributed by atoms with van der Waals surface area (Å²) >= 11 is 0. The van der Waals surface area contributed by atoms with E-state index in [0.717, 1.165) is 0 Å². The smallest absolute Gasteiger partial charge is 0.121 e. The molecule has 0 spiro atoms. The van der Waals surface area contributed by atoms with Crippen LogP contribution in [0.2, 0.25) is 0 Å². The van der Waals surface area contributed by atoms with Gasteiger partial charge in [-0.2, -0.15) is 0 Å². The highest BCUT2D eigenvalue weighted by Crippen LogP contribution is 1.66. The van der Waals surface area contributed by atoms with Crippen molar-refractivity contribution in [2.45, 2.75) is 6.92 Å². The van der Waals surface area contributed by atoms with E-state index in [0.29, 0.717) is 0 Å². The molecule has 0 saturated carbocycles. The second kappa shape index (κ2) is 3.54. The Hall–Kier alpha value is -0.460. The first-order chi connectivity index (χ1) is 2.41. The van der Waals surface area contributed by atoms with Crippen molar-refractivity contribution < 1.29 is 4.74 Å². The van der Waals surface area contributed by atoms with Crippen molar-refractivity contribution >= 4 is 0 Å². The van der Waals surface area contributed by atoms with Gasteiger partial charge < -0.3 is 4.74 Å². The van der Waals surface area contributed by atoms with E-state index in [4.69, 9.17) is 0 Å². The maximum atomic E-state index is 4.26. The molecule has 0 aromatic heterocycles. The first-order valence-corrected chi connectivity index (χ1v) is 1.44. The van der Waals surface area contributed by atoms with Crippen LogP contribution in [0.25, 0.3) is 0 Å². The lowest BCUT2D eigenvalue weighted by molar-refractivity contribution is 0.393. The summed E-state index contributed by atoms with van der Waals surface area (Å²) in [4.78, 5) is 0. The zero-order valence-electron chi connectivity index (χ0n) is 3.27. The van der Waals surface area contributed by atoms with Crippen LogP contribution in [-0.2, 0) is 4.74 Å².